The predicted octanol–water partition coefficient (Wildman–Crippen LogP) is 2.34. The maximum atomic E-state index is 13.4. The molecule has 0 fully saturated rings. The summed E-state index contributed by atoms with van der Waals surface area (Å²) in [5.41, 5.74) is 12.4. The number of allylic oxidation sites excluding steroid dienone is 1. The van der Waals surface area contributed by atoms with Gasteiger partial charge in [-0.2, -0.15) is 0 Å². The van der Waals surface area contributed by atoms with Crippen LogP contribution in [-0.2, 0) is 0 Å². The number of hydrogen-bond acceptors (Lipinski definition) is 6. The summed E-state index contributed by atoms with van der Waals surface area (Å²) in [6.45, 7) is 4.00. The Balaban J connectivity index is 3.30. The van der Waals surface area contributed by atoms with Crippen LogP contribution in [0.3, 0.4) is 0 Å². The van der Waals surface area contributed by atoms with Crippen molar-refractivity contribution in [3.63, 3.8) is 0 Å². The van der Waals surface area contributed by atoms with Gasteiger partial charge in [-0.05, 0) is 48.1 Å². The van der Waals surface area contributed by atoms with Gasteiger partial charge in [0.25, 0.3) is 0 Å². The quantitative estimate of drug-likeness (QED) is 0.545. The topological polar surface area (TPSA) is 107 Å². The molecular formula is C16H19BrFN5O. The number of carbonyl (C=O) groups excluding carboxylic acids is 1. The SMILES string of the molecule is CCN=C(Br)C(=CN)CN=C(C=CN)c1ncc(F)cc1C(C)=O. The largest absolute Gasteiger partial charge is 0.405 e. The van der Waals surface area contributed by atoms with Crippen molar-refractivity contribution in [2.24, 2.45) is 21.5 Å². The summed E-state index contributed by atoms with van der Waals surface area (Å²) < 4.78 is 14.0. The van der Waals surface area contributed by atoms with E-state index in [0.29, 0.717) is 22.5 Å². The summed E-state index contributed by atoms with van der Waals surface area (Å²) in [4.78, 5) is 24.3. The second-order valence-corrected chi connectivity index (χ2v) is 5.37. The molecule has 6 nitrogen and oxygen atoms in total. The Labute approximate surface area is 148 Å². The lowest BCUT2D eigenvalue weighted by atomic mass is 10.1. The Hall–Kier alpha value is -2.35. The molecule has 0 aliphatic heterocycles. The molecule has 24 heavy (non-hydrogen) atoms. The van der Waals surface area contributed by atoms with E-state index in [1.165, 1.54) is 25.4 Å². The molecular weight excluding hydrogens is 377 g/mol. The van der Waals surface area contributed by atoms with Gasteiger partial charge in [-0.15, -0.1) is 0 Å². The number of hydrogen-bond donors (Lipinski definition) is 2. The molecule has 128 valence electrons. The number of pyridine rings is 1. The smallest absolute Gasteiger partial charge is 0.162 e. The van der Waals surface area contributed by atoms with Gasteiger partial charge < -0.3 is 11.5 Å². The van der Waals surface area contributed by atoms with Crippen LogP contribution in [0, 0.1) is 5.82 Å². The molecule has 0 aliphatic carbocycles. The van der Waals surface area contributed by atoms with E-state index in [4.69, 9.17) is 11.5 Å². The third kappa shape index (κ3) is 5.38. The van der Waals surface area contributed by atoms with Crippen LogP contribution in [0.4, 0.5) is 4.39 Å². The lowest BCUT2D eigenvalue weighted by molar-refractivity contribution is 0.101. The first-order valence-corrected chi connectivity index (χ1v) is 7.94. The Morgan fingerprint density at radius 2 is 2.12 bits per heavy atom. The summed E-state index contributed by atoms with van der Waals surface area (Å²) >= 11 is 3.33. The number of aromatic nitrogens is 1. The van der Waals surface area contributed by atoms with Crippen LogP contribution in [0.25, 0.3) is 0 Å². The highest BCUT2D eigenvalue weighted by Crippen LogP contribution is 2.13. The van der Waals surface area contributed by atoms with Gasteiger partial charge in [-0.3, -0.25) is 19.8 Å². The lowest BCUT2D eigenvalue weighted by Crippen LogP contribution is -2.12. The van der Waals surface area contributed by atoms with Crippen molar-refractivity contribution in [3.8, 4) is 0 Å². The van der Waals surface area contributed by atoms with Crippen LogP contribution in [0.2, 0.25) is 0 Å². The minimum absolute atomic E-state index is 0.131. The molecule has 4 N–H and O–H groups in total. The molecule has 1 rings (SSSR count). The average molecular weight is 396 g/mol. The molecule has 0 amide bonds. The highest BCUT2D eigenvalue weighted by Gasteiger charge is 2.14. The van der Waals surface area contributed by atoms with Crippen LogP contribution < -0.4 is 11.5 Å². The van der Waals surface area contributed by atoms with E-state index in [1.807, 2.05) is 6.92 Å². The van der Waals surface area contributed by atoms with E-state index < -0.39 is 5.82 Å². The van der Waals surface area contributed by atoms with Gasteiger partial charge >= 0.3 is 0 Å². The molecule has 0 atom stereocenters. The minimum atomic E-state index is -0.597. The maximum Gasteiger partial charge on any atom is 0.162 e. The van der Waals surface area contributed by atoms with Crippen LogP contribution in [0.5, 0.6) is 0 Å². The van der Waals surface area contributed by atoms with Crippen molar-refractivity contribution < 1.29 is 9.18 Å². The molecule has 1 aromatic rings. The van der Waals surface area contributed by atoms with Crippen molar-refractivity contribution in [3.05, 3.63) is 53.4 Å². The summed E-state index contributed by atoms with van der Waals surface area (Å²) in [6, 6.07) is 1.12. The number of Topliss-reactive ketones (excluding diaryl/α,β-unsaturated/α-hetero) is 1. The first-order valence-electron chi connectivity index (χ1n) is 7.15. The number of carbonyl (C=O) groups is 1. The fraction of sp³-hybridized carbons (Fsp3) is 0.250. The average Bonchev–Trinajstić information content (AvgIpc) is 2.54. The standard InChI is InChI=1S/C16H19BrFN5O/c1-3-21-16(17)11(7-20)8-22-14(4-5-19)15-13(10(2)24)6-12(18)9-23-15/h4-7,9H,3,8,19-20H2,1-2H3. The summed E-state index contributed by atoms with van der Waals surface area (Å²) in [5.74, 6) is -0.918. The van der Waals surface area contributed by atoms with E-state index in [0.717, 1.165) is 12.3 Å². The minimum Gasteiger partial charge on any atom is -0.405 e. The fourth-order valence-corrected chi connectivity index (χ4v) is 2.32. The molecule has 1 aromatic heterocycles. The number of halogens is 2. The molecule has 0 aliphatic rings. The fourth-order valence-electron chi connectivity index (χ4n) is 1.81. The number of nitrogens with zero attached hydrogens (tertiary/aromatic N) is 3. The number of aliphatic imine (C=N–C) groups is 2. The highest BCUT2D eigenvalue weighted by molar-refractivity contribution is 9.18. The van der Waals surface area contributed by atoms with Gasteiger partial charge in [0.1, 0.15) is 10.4 Å². The molecule has 0 saturated heterocycles. The molecule has 0 saturated carbocycles. The van der Waals surface area contributed by atoms with Crippen molar-refractivity contribution >= 4 is 32.0 Å². The van der Waals surface area contributed by atoms with E-state index in [2.05, 4.69) is 30.9 Å². The molecule has 1 heterocycles. The van der Waals surface area contributed by atoms with E-state index in [-0.39, 0.29) is 23.6 Å². The highest BCUT2D eigenvalue weighted by atomic mass is 79.9. The van der Waals surface area contributed by atoms with Crippen LogP contribution in [0.1, 0.15) is 29.9 Å². The van der Waals surface area contributed by atoms with Crippen molar-refractivity contribution in [2.75, 3.05) is 13.1 Å². The second-order valence-electron chi connectivity index (χ2n) is 4.62. The zero-order chi connectivity index (χ0) is 18.1. The van der Waals surface area contributed by atoms with Crippen LogP contribution in [0.15, 0.2) is 46.3 Å². The van der Waals surface area contributed by atoms with E-state index in [1.54, 1.807) is 0 Å². The normalized spacial score (nSPS) is 13.6. The third-order valence-electron chi connectivity index (χ3n) is 2.91. The first kappa shape index (κ1) is 19.7. The van der Waals surface area contributed by atoms with Gasteiger partial charge in [0.05, 0.1) is 24.1 Å². The predicted molar refractivity (Wildman–Crippen MR) is 98.1 cm³/mol. The van der Waals surface area contributed by atoms with Gasteiger partial charge in [-0.1, -0.05) is 0 Å². The molecule has 0 unspecified atom stereocenters. The Morgan fingerprint density at radius 1 is 1.42 bits per heavy atom. The van der Waals surface area contributed by atoms with E-state index >= 15 is 0 Å². The molecule has 0 bridgehead atoms. The van der Waals surface area contributed by atoms with Crippen molar-refractivity contribution in [1.82, 2.24) is 4.98 Å². The Kier molecular flexibility index (Phi) is 7.97. The lowest BCUT2D eigenvalue weighted by Gasteiger charge is -2.08. The monoisotopic (exact) mass is 395 g/mol. The molecule has 8 heteroatoms. The molecule has 0 radical (unpaired) electrons. The van der Waals surface area contributed by atoms with Crippen molar-refractivity contribution in [2.45, 2.75) is 13.8 Å². The zero-order valence-corrected chi connectivity index (χ0v) is 15.0. The Morgan fingerprint density at radius 3 is 2.67 bits per heavy atom. The number of rotatable bonds is 7. The molecule has 0 aromatic carbocycles. The Bertz CT molecular complexity index is 725. The number of nitrogens with two attached hydrogens (primary N) is 2. The van der Waals surface area contributed by atoms with Crippen LogP contribution >= 0.6 is 15.9 Å². The van der Waals surface area contributed by atoms with Crippen molar-refractivity contribution in [1.29, 1.82) is 0 Å². The van der Waals surface area contributed by atoms with Crippen LogP contribution in [-0.4, -0.2) is 34.2 Å². The summed E-state index contributed by atoms with van der Waals surface area (Å²) in [6.07, 6.45) is 5.18. The second kappa shape index (κ2) is 9.71. The van der Waals surface area contributed by atoms with E-state index in [9.17, 15) is 9.18 Å². The summed E-state index contributed by atoms with van der Waals surface area (Å²) in [5, 5.41) is 0. The van der Waals surface area contributed by atoms with Gasteiger partial charge in [-0.25, -0.2) is 4.39 Å². The van der Waals surface area contributed by atoms with Gasteiger partial charge in [0, 0.05) is 23.9 Å². The van der Waals surface area contributed by atoms with Gasteiger partial charge in [0.2, 0.25) is 0 Å². The first-order chi connectivity index (χ1) is 11.4. The molecule has 0 spiro atoms. The van der Waals surface area contributed by atoms with Gasteiger partial charge in [0.15, 0.2) is 5.78 Å². The third-order valence-corrected chi connectivity index (χ3v) is 3.67. The number of ketones is 1. The summed E-state index contributed by atoms with van der Waals surface area (Å²) in [7, 11) is 0. The zero-order valence-electron chi connectivity index (χ0n) is 13.5. The maximum absolute atomic E-state index is 13.4.